The van der Waals surface area contributed by atoms with E-state index in [9.17, 15) is 5.11 Å². The average Bonchev–Trinajstić information content (AvgIpc) is 2.79. The number of hydrogen-bond donors (Lipinski definition) is 1. The van der Waals surface area contributed by atoms with Gasteiger partial charge in [-0.3, -0.25) is 4.90 Å². The summed E-state index contributed by atoms with van der Waals surface area (Å²) >= 11 is 0. The number of hydrogen-bond acceptors (Lipinski definition) is 7. The van der Waals surface area contributed by atoms with E-state index in [0.29, 0.717) is 31.3 Å². The van der Waals surface area contributed by atoms with Gasteiger partial charge >= 0.3 is 0 Å². The zero-order valence-electron chi connectivity index (χ0n) is 18.9. The van der Waals surface area contributed by atoms with E-state index in [0.717, 1.165) is 37.5 Å². The van der Waals surface area contributed by atoms with Crippen LogP contribution in [-0.2, 0) is 11.3 Å². The van der Waals surface area contributed by atoms with Crippen LogP contribution in [0.15, 0.2) is 42.5 Å². The molecule has 1 N–H and O–H groups in total. The summed E-state index contributed by atoms with van der Waals surface area (Å²) in [4.78, 5) is 4.64. The van der Waals surface area contributed by atoms with E-state index in [1.807, 2.05) is 30.3 Å². The van der Waals surface area contributed by atoms with Gasteiger partial charge in [0.25, 0.3) is 0 Å². The molecule has 0 amide bonds. The van der Waals surface area contributed by atoms with E-state index < -0.39 is 6.10 Å². The van der Waals surface area contributed by atoms with Gasteiger partial charge in [-0.25, -0.2) is 0 Å². The summed E-state index contributed by atoms with van der Waals surface area (Å²) in [5, 5.41) is 10.4. The summed E-state index contributed by atoms with van der Waals surface area (Å²) in [6.45, 7) is 5.03. The van der Waals surface area contributed by atoms with E-state index in [-0.39, 0.29) is 24.8 Å². The molecule has 1 atom stereocenters. The molecule has 0 aliphatic carbocycles. The molecule has 180 valence electrons. The van der Waals surface area contributed by atoms with Crippen LogP contribution in [0.1, 0.15) is 5.56 Å². The third-order valence-electron chi connectivity index (χ3n) is 5.31. The third kappa shape index (κ3) is 7.90. The van der Waals surface area contributed by atoms with Crippen LogP contribution in [0.2, 0.25) is 0 Å². The first-order valence-corrected chi connectivity index (χ1v) is 10.2. The second-order valence-electron chi connectivity index (χ2n) is 7.34. The molecule has 1 heterocycles. The minimum atomic E-state index is -0.516. The largest absolute Gasteiger partial charge is 0.497 e. The first-order chi connectivity index (χ1) is 14.6. The molecular weight excluding hydrogens is 455 g/mol. The summed E-state index contributed by atoms with van der Waals surface area (Å²) in [5.41, 5.74) is 2.18. The maximum Gasteiger partial charge on any atom is 0.161 e. The van der Waals surface area contributed by atoms with Crippen molar-refractivity contribution in [3.63, 3.8) is 0 Å². The molecule has 2 aromatic carbocycles. The number of halogens is 2. The molecular formula is C23H34Cl2N2O5. The SMILES string of the molecule is COc1ccc(N2CCN(CC(O)COCc3ccc(OC)c(OC)c3)CC2)cc1.Cl.Cl. The van der Waals surface area contributed by atoms with E-state index in [1.54, 1.807) is 21.3 Å². The van der Waals surface area contributed by atoms with Crippen molar-refractivity contribution in [3.8, 4) is 17.2 Å². The van der Waals surface area contributed by atoms with Crippen LogP contribution in [0.25, 0.3) is 0 Å². The maximum atomic E-state index is 10.4. The molecule has 0 saturated carbocycles. The van der Waals surface area contributed by atoms with Crippen LogP contribution >= 0.6 is 24.8 Å². The Morgan fingerprint density at radius 2 is 1.50 bits per heavy atom. The van der Waals surface area contributed by atoms with Crippen molar-refractivity contribution in [1.82, 2.24) is 4.90 Å². The van der Waals surface area contributed by atoms with E-state index in [2.05, 4.69) is 21.9 Å². The Hall–Kier alpha value is -1.90. The zero-order chi connectivity index (χ0) is 21.3. The molecule has 32 heavy (non-hydrogen) atoms. The quantitative estimate of drug-likeness (QED) is 0.550. The normalized spacial score (nSPS) is 14.7. The minimum absolute atomic E-state index is 0. The predicted molar refractivity (Wildman–Crippen MR) is 131 cm³/mol. The lowest BCUT2D eigenvalue weighted by molar-refractivity contribution is 0.00909. The van der Waals surface area contributed by atoms with Gasteiger partial charge in [-0.2, -0.15) is 0 Å². The van der Waals surface area contributed by atoms with Crippen molar-refractivity contribution in [2.24, 2.45) is 0 Å². The second kappa shape index (κ2) is 14.3. The Balaban J connectivity index is 0.00000256. The fourth-order valence-corrected chi connectivity index (χ4v) is 3.62. The highest BCUT2D eigenvalue weighted by atomic mass is 35.5. The number of anilines is 1. The van der Waals surface area contributed by atoms with Crippen molar-refractivity contribution in [2.75, 3.05) is 65.6 Å². The highest BCUT2D eigenvalue weighted by Crippen LogP contribution is 2.27. The van der Waals surface area contributed by atoms with Crippen molar-refractivity contribution < 1.29 is 24.1 Å². The zero-order valence-corrected chi connectivity index (χ0v) is 20.5. The van der Waals surface area contributed by atoms with E-state index in [4.69, 9.17) is 18.9 Å². The first-order valence-electron chi connectivity index (χ1n) is 10.2. The Labute approximate surface area is 203 Å². The number of nitrogens with zero attached hydrogens (tertiary/aromatic N) is 2. The fourth-order valence-electron chi connectivity index (χ4n) is 3.62. The van der Waals surface area contributed by atoms with Crippen molar-refractivity contribution in [2.45, 2.75) is 12.7 Å². The van der Waals surface area contributed by atoms with Gasteiger partial charge in [0.2, 0.25) is 0 Å². The lowest BCUT2D eigenvalue weighted by Gasteiger charge is -2.36. The van der Waals surface area contributed by atoms with Crippen LogP contribution in [0.5, 0.6) is 17.2 Å². The monoisotopic (exact) mass is 488 g/mol. The number of ether oxygens (including phenoxy) is 4. The van der Waals surface area contributed by atoms with E-state index in [1.165, 1.54) is 5.69 Å². The van der Waals surface area contributed by atoms with Crippen LogP contribution in [-0.4, -0.2) is 76.8 Å². The molecule has 1 unspecified atom stereocenters. The van der Waals surface area contributed by atoms with Crippen molar-refractivity contribution in [1.29, 1.82) is 0 Å². The standard InChI is InChI=1S/C23H32N2O5.2ClH/c1-27-21-7-5-19(6-8-21)25-12-10-24(11-13-25)15-20(26)17-30-16-18-4-9-22(28-2)23(14-18)29-3;;/h4-9,14,20,26H,10-13,15-17H2,1-3H3;2*1H. The Bertz CT molecular complexity index is 786. The molecule has 9 heteroatoms. The summed E-state index contributed by atoms with van der Waals surface area (Å²) in [7, 11) is 4.90. The molecule has 7 nitrogen and oxygen atoms in total. The Kier molecular flexibility index (Phi) is 12.6. The molecule has 0 bridgehead atoms. The van der Waals surface area contributed by atoms with Gasteiger partial charge in [0.05, 0.1) is 40.6 Å². The number of β-amino-alcohol motifs (C(OH)–C–C–N with tert-alkyl or cyclic N) is 1. The maximum absolute atomic E-state index is 10.4. The third-order valence-corrected chi connectivity index (χ3v) is 5.31. The van der Waals surface area contributed by atoms with Gasteiger partial charge in [0.15, 0.2) is 11.5 Å². The van der Waals surface area contributed by atoms with Crippen LogP contribution in [0.4, 0.5) is 5.69 Å². The summed E-state index contributed by atoms with van der Waals surface area (Å²) in [5.74, 6) is 2.23. The Morgan fingerprint density at radius 3 is 2.09 bits per heavy atom. The molecule has 3 rings (SSSR count). The van der Waals surface area contributed by atoms with Crippen LogP contribution < -0.4 is 19.1 Å². The fraction of sp³-hybridized carbons (Fsp3) is 0.478. The molecule has 0 spiro atoms. The van der Waals surface area contributed by atoms with Gasteiger partial charge in [-0.1, -0.05) is 6.07 Å². The number of methoxy groups -OCH3 is 3. The van der Waals surface area contributed by atoms with Gasteiger partial charge in [-0.05, 0) is 42.0 Å². The smallest absolute Gasteiger partial charge is 0.161 e. The van der Waals surface area contributed by atoms with Crippen LogP contribution in [0, 0.1) is 0 Å². The number of rotatable bonds is 10. The van der Waals surface area contributed by atoms with E-state index >= 15 is 0 Å². The molecule has 1 aliphatic heterocycles. The average molecular weight is 489 g/mol. The molecule has 0 aromatic heterocycles. The van der Waals surface area contributed by atoms with Gasteiger partial charge in [-0.15, -0.1) is 24.8 Å². The molecule has 0 radical (unpaired) electrons. The highest BCUT2D eigenvalue weighted by Gasteiger charge is 2.19. The number of aliphatic hydroxyl groups is 1. The summed E-state index contributed by atoms with van der Waals surface area (Å²) in [6, 6.07) is 13.8. The molecule has 2 aromatic rings. The van der Waals surface area contributed by atoms with Crippen LogP contribution in [0.3, 0.4) is 0 Å². The number of piperazine rings is 1. The van der Waals surface area contributed by atoms with Gasteiger partial charge in [0.1, 0.15) is 5.75 Å². The number of benzene rings is 2. The van der Waals surface area contributed by atoms with Crippen molar-refractivity contribution >= 4 is 30.5 Å². The molecule has 1 aliphatic rings. The first kappa shape index (κ1) is 28.1. The summed E-state index contributed by atoms with van der Waals surface area (Å²) < 4.78 is 21.5. The van der Waals surface area contributed by atoms with Gasteiger partial charge < -0.3 is 29.0 Å². The topological polar surface area (TPSA) is 63.6 Å². The molecule has 1 fully saturated rings. The van der Waals surface area contributed by atoms with Crippen molar-refractivity contribution in [3.05, 3.63) is 48.0 Å². The lowest BCUT2D eigenvalue weighted by atomic mass is 10.2. The van der Waals surface area contributed by atoms with Gasteiger partial charge in [0, 0.05) is 38.4 Å². The number of aliphatic hydroxyl groups excluding tert-OH is 1. The second-order valence-corrected chi connectivity index (χ2v) is 7.34. The lowest BCUT2D eigenvalue weighted by Crippen LogP contribution is -2.49. The highest BCUT2D eigenvalue weighted by molar-refractivity contribution is 5.85. The Morgan fingerprint density at radius 1 is 0.844 bits per heavy atom. The minimum Gasteiger partial charge on any atom is -0.497 e. The summed E-state index contributed by atoms with van der Waals surface area (Å²) in [6.07, 6.45) is -0.516. The molecule has 1 saturated heterocycles. The predicted octanol–water partition coefficient (Wildman–Crippen LogP) is 3.26.